The monoisotopic (exact) mass is 2630 g/mol. The van der Waals surface area contributed by atoms with Crippen LogP contribution in [0.4, 0.5) is 119 Å². The molecule has 4 nitrogen and oxygen atoms in total. The largest absolute Gasteiger partial charge is 0.416 e. The minimum absolute atomic E-state index is 0. The molecule has 0 fully saturated rings. The van der Waals surface area contributed by atoms with E-state index in [0.29, 0.717) is 74.7 Å². The van der Waals surface area contributed by atoms with Crippen molar-refractivity contribution < 1.29 is 199 Å². The van der Waals surface area contributed by atoms with E-state index in [1.165, 1.54) is 54.9 Å². The second-order valence-electron chi connectivity index (χ2n) is 32.2. The van der Waals surface area contributed by atoms with Gasteiger partial charge >= 0.3 is 43.2 Å². The Morgan fingerprint density at radius 2 is 0.594 bits per heavy atom. The summed E-state index contributed by atoms with van der Waals surface area (Å²) in [4.78, 5) is 17.1. The molecule has 712 valence electrons. The number of alkyl halides is 21. The molecule has 0 spiro atoms. The maximum atomic E-state index is 15.3. The van der Waals surface area contributed by atoms with E-state index in [1.807, 2.05) is 42.5 Å². The summed E-state index contributed by atoms with van der Waals surface area (Å²) in [6.45, 7) is 1.86. The van der Waals surface area contributed by atoms with Gasteiger partial charge in [-0.25, -0.2) is 26.3 Å². The summed E-state index contributed by atoms with van der Waals surface area (Å²) >= 11 is 0. The van der Waals surface area contributed by atoms with Crippen LogP contribution >= 0.6 is 0 Å². The van der Waals surface area contributed by atoms with E-state index in [0.717, 1.165) is 89.3 Å². The molecule has 0 N–H and O–H groups in total. The summed E-state index contributed by atoms with van der Waals surface area (Å²) in [5.74, 6) is -10.6. The molecule has 4 heterocycles. The first-order chi connectivity index (χ1) is 63.2. The summed E-state index contributed by atoms with van der Waals surface area (Å²) in [7, 11) is 0. The predicted octanol–water partition coefficient (Wildman–Crippen LogP) is 30.6. The van der Waals surface area contributed by atoms with Gasteiger partial charge in [-0.05, 0) is 150 Å². The Labute approximate surface area is 818 Å². The molecule has 13 aromatic carbocycles. The molecular formula is C103H51F27Ir4N4-4. The first-order valence-electron chi connectivity index (χ1n) is 40.0. The SMILES string of the molecule is CC1(C(F)(F)F)c2cc(-c3nccc4ccccc34)[c-]cc2-c2cc(F)cc(F)c21.CC1(C(F)(F)F)c2cc(-c3nccc4ccccc34)[c-]cc2-c2ccc(C(F)(F)F)cc21.FC(F)(F)c1ccc2c(c1)C(C(F)(F)F)(C(F)(F)F)c1cc(-c3nccc4ccccc34)[c-]cc1-2.Fc1c(F)c(F)c2c(c1F)-c1c[c-]c(-c3nccc4ccccc34)cc1C2(c1ccccc1)C(F)(F)F.[Ir].[Ir].[Ir].[Ir]. The van der Waals surface area contributed by atoms with E-state index in [2.05, 4.69) is 44.2 Å². The molecule has 3 unspecified atom stereocenters. The molecule has 0 bridgehead atoms. The molecule has 4 aromatic heterocycles. The molecule has 4 aliphatic rings. The first kappa shape index (κ1) is 102. The van der Waals surface area contributed by atoms with Crippen molar-refractivity contribution in [1.82, 2.24) is 19.9 Å². The molecule has 4 radical (unpaired) electrons. The van der Waals surface area contributed by atoms with Crippen molar-refractivity contribution in [2.75, 3.05) is 0 Å². The maximum absolute atomic E-state index is 15.3. The van der Waals surface area contributed by atoms with E-state index >= 15 is 22.0 Å². The molecule has 17 aromatic rings. The molecular weight excluding hydrogens is 2570 g/mol. The number of pyridine rings is 4. The number of fused-ring (bicyclic) bond motifs is 16. The summed E-state index contributed by atoms with van der Waals surface area (Å²) in [6, 6.07) is 67.2. The Hall–Kier alpha value is -11.8. The van der Waals surface area contributed by atoms with Crippen LogP contribution < -0.4 is 0 Å². The van der Waals surface area contributed by atoms with Crippen molar-refractivity contribution in [2.24, 2.45) is 0 Å². The van der Waals surface area contributed by atoms with E-state index in [4.69, 9.17) is 0 Å². The molecule has 0 amide bonds. The molecule has 35 heteroatoms. The van der Waals surface area contributed by atoms with Gasteiger partial charge in [0.05, 0.1) is 22.0 Å². The maximum Gasteiger partial charge on any atom is 0.416 e. The summed E-state index contributed by atoms with van der Waals surface area (Å²) in [6.07, 6.45) is -30.8. The Morgan fingerprint density at radius 3 is 0.986 bits per heavy atom. The topological polar surface area (TPSA) is 51.6 Å². The van der Waals surface area contributed by atoms with Gasteiger partial charge in [0.25, 0.3) is 0 Å². The average Bonchev–Trinajstić information content (AvgIpc) is 1.50. The Balaban J connectivity index is 0.000000146. The van der Waals surface area contributed by atoms with Gasteiger partial charge in [-0.3, -0.25) is 0 Å². The van der Waals surface area contributed by atoms with Crippen molar-refractivity contribution in [3.63, 3.8) is 0 Å². The number of benzene rings is 13. The smallest absolute Gasteiger partial charge is 0.304 e. The molecule has 0 saturated heterocycles. The van der Waals surface area contributed by atoms with Crippen LogP contribution in [0.2, 0.25) is 0 Å². The third kappa shape index (κ3) is 16.2. The van der Waals surface area contributed by atoms with Crippen LogP contribution in [0.15, 0.2) is 274 Å². The number of hydrogen-bond donors (Lipinski definition) is 0. The van der Waals surface area contributed by atoms with E-state index in [1.54, 1.807) is 91.3 Å². The normalized spacial score (nSPS) is 16.4. The Bertz CT molecular complexity index is 7650. The molecule has 138 heavy (non-hydrogen) atoms. The first-order valence-corrected chi connectivity index (χ1v) is 40.0. The van der Waals surface area contributed by atoms with Crippen LogP contribution in [-0.4, -0.2) is 50.8 Å². The van der Waals surface area contributed by atoms with Gasteiger partial charge in [-0.15, -0.1) is 106 Å². The fraction of sp³-hybridized carbons (Fsp3) is 0.126. The Kier molecular flexibility index (Phi) is 27.0. The zero-order valence-corrected chi connectivity index (χ0v) is 78.9. The fourth-order valence-corrected chi connectivity index (χ4v) is 18.7. The fourth-order valence-electron chi connectivity index (χ4n) is 18.7. The van der Waals surface area contributed by atoms with Gasteiger partial charge in [0, 0.05) is 122 Å². The minimum Gasteiger partial charge on any atom is -0.304 e. The van der Waals surface area contributed by atoms with Gasteiger partial charge < -0.3 is 19.9 Å². The van der Waals surface area contributed by atoms with Crippen LogP contribution in [0.5, 0.6) is 0 Å². The van der Waals surface area contributed by atoms with Crippen molar-refractivity contribution in [3.8, 4) is 89.5 Å². The standard InChI is InChI=1S/C29H13F7N.C25H11F9N.C25H14F6N.C24H13F5N.4Ir/c30-23-21-19-11-10-16(27-18-9-5-4-6-15(18)12-13-37-27)14-20(19)28(29(34,35)36,17-7-2-1-3-8-17)22(21)24(31)26(33)25(23)32;26-23(27,28)15-6-8-18-17-7-5-14(21-16-4-2-1-3-13(16)9-10-35-21)11-19(17)22(20(18)12-15,24(29,30)31)25(32,33)34;1-23(25(29,30)31)20-12-15(22-17-5-3-2-4-14(17)10-11-32-22)6-8-18(20)19-9-7-16(13-21(19)23)24(26,27)28;1-23(24(27,28)29)19-10-14(22-16-5-3-2-4-13(16)8-9-30-22)6-7-17(19)18-11-15(25)12-20(26)21(18)23;;;;/h1-9,11-14H;1-4,6-12H;2-5,7-13H,1H3;2-5,7-12H,1H3;;;;/q4*-1;;;;. The summed E-state index contributed by atoms with van der Waals surface area (Å²) < 4.78 is 386. The Morgan fingerprint density at radius 1 is 0.268 bits per heavy atom. The third-order valence-electron chi connectivity index (χ3n) is 25.0. The number of hydrogen-bond acceptors (Lipinski definition) is 4. The van der Waals surface area contributed by atoms with Crippen molar-refractivity contribution >= 4 is 43.1 Å². The predicted molar refractivity (Wildman–Crippen MR) is 446 cm³/mol. The van der Waals surface area contributed by atoms with Gasteiger partial charge in [0.15, 0.2) is 28.7 Å². The van der Waals surface area contributed by atoms with Gasteiger partial charge in [-0.2, -0.15) is 92.2 Å². The second-order valence-corrected chi connectivity index (χ2v) is 32.2. The average molecular weight is 2630 g/mol. The molecule has 0 aliphatic heterocycles. The second kappa shape index (κ2) is 36.4. The number of aromatic nitrogens is 4. The van der Waals surface area contributed by atoms with Crippen LogP contribution in [0.25, 0.3) is 133 Å². The zero-order chi connectivity index (χ0) is 95.6. The van der Waals surface area contributed by atoms with E-state index < -0.39 is 172 Å². The number of nitrogens with zero attached hydrogens (tertiary/aromatic N) is 4. The minimum atomic E-state index is -6.00. The summed E-state index contributed by atoms with van der Waals surface area (Å²) in [5.41, 5.74) is -22.4. The van der Waals surface area contributed by atoms with E-state index in [9.17, 15) is 96.6 Å². The zero-order valence-electron chi connectivity index (χ0n) is 69.3. The quantitative estimate of drug-likeness (QED) is 0.0746. The van der Waals surface area contributed by atoms with Crippen LogP contribution in [0.3, 0.4) is 0 Å². The van der Waals surface area contributed by atoms with Gasteiger partial charge in [-0.1, -0.05) is 196 Å². The van der Waals surface area contributed by atoms with Gasteiger partial charge in [0.1, 0.15) is 17.0 Å². The van der Waals surface area contributed by atoms with Gasteiger partial charge in [0.2, 0.25) is 0 Å². The van der Waals surface area contributed by atoms with Crippen molar-refractivity contribution in [1.29, 1.82) is 0 Å². The van der Waals surface area contributed by atoms with Crippen LogP contribution in [-0.2, 0) is 114 Å². The van der Waals surface area contributed by atoms with Crippen molar-refractivity contribution in [3.05, 3.63) is 394 Å². The summed E-state index contributed by atoms with van der Waals surface area (Å²) in [5, 5.41) is 5.73. The molecule has 3 atom stereocenters. The molecule has 21 rings (SSSR count). The van der Waals surface area contributed by atoms with Crippen molar-refractivity contribution in [2.45, 2.75) is 78.7 Å². The van der Waals surface area contributed by atoms with Crippen LogP contribution in [0, 0.1) is 59.2 Å². The third-order valence-corrected chi connectivity index (χ3v) is 25.0. The number of halogens is 27. The number of rotatable bonds is 5. The molecule has 0 saturated carbocycles. The van der Waals surface area contributed by atoms with Crippen LogP contribution in [0.1, 0.15) is 75.0 Å². The molecule has 4 aliphatic carbocycles. The van der Waals surface area contributed by atoms with E-state index in [-0.39, 0.29) is 137 Å².